The van der Waals surface area contributed by atoms with E-state index in [1.807, 2.05) is 0 Å². The number of hydrogen-bond acceptors (Lipinski definition) is 0. The topological polar surface area (TPSA) is 0 Å². The Labute approximate surface area is 111 Å². The SMILES string of the molecule is CCCCC1=C(Cc2ccccc2)C=C(CC)C1. The van der Waals surface area contributed by atoms with Crippen LogP contribution in [0.25, 0.3) is 0 Å². The third kappa shape index (κ3) is 3.35. The first-order valence-electron chi connectivity index (χ1n) is 7.27. The maximum Gasteiger partial charge on any atom is -0.00261 e. The Morgan fingerprint density at radius 2 is 1.83 bits per heavy atom. The van der Waals surface area contributed by atoms with Crippen LogP contribution in [0.3, 0.4) is 0 Å². The second-order valence-corrected chi connectivity index (χ2v) is 5.23. The van der Waals surface area contributed by atoms with Crippen molar-refractivity contribution < 1.29 is 0 Å². The maximum atomic E-state index is 2.46. The summed E-state index contributed by atoms with van der Waals surface area (Å²) in [6.07, 6.45) is 9.93. The van der Waals surface area contributed by atoms with Crippen LogP contribution in [0.4, 0.5) is 0 Å². The molecule has 0 spiro atoms. The molecule has 0 heteroatoms. The minimum atomic E-state index is 1.11. The van der Waals surface area contributed by atoms with Crippen LogP contribution in [0.1, 0.15) is 51.5 Å². The van der Waals surface area contributed by atoms with E-state index in [1.165, 1.54) is 37.7 Å². The van der Waals surface area contributed by atoms with Gasteiger partial charge in [0.05, 0.1) is 0 Å². The molecule has 0 saturated carbocycles. The van der Waals surface area contributed by atoms with Gasteiger partial charge in [-0.2, -0.15) is 0 Å². The number of rotatable bonds is 6. The van der Waals surface area contributed by atoms with Crippen molar-refractivity contribution in [3.05, 3.63) is 58.7 Å². The second kappa shape index (κ2) is 6.58. The molecule has 0 aliphatic heterocycles. The normalized spacial score (nSPS) is 15.1. The van der Waals surface area contributed by atoms with E-state index in [1.54, 1.807) is 16.7 Å². The molecule has 1 aromatic carbocycles. The first-order valence-corrected chi connectivity index (χ1v) is 7.27. The minimum absolute atomic E-state index is 1.11. The van der Waals surface area contributed by atoms with Gasteiger partial charge in [-0.25, -0.2) is 0 Å². The molecule has 0 unspecified atom stereocenters. The molecule has 0 N–H and O–H groups in total. The van der Waals surface area contributed by atoms with Crippen LogP contribution in [0.5, 0.6) is 0 Å². The predicted octanol–water partition coefficient (Wildman–Crippen LogP) is 5.46. The summed E-state index contributed by atoms with van der Waals surface area (Å²) in [6, 6.07) is 10.9. The lowest BCUT2D eigenvalue weighted by Crippen LogP contribution is -1.91. The molecule has 2 rings (SSSR count). The first kappa shape index (κ1) is 13.1. The average Bonchev–Trinajstić information content (AvgIpc) is 2.80. The largest absolute Gasteiger partial charge is 0.0661 e. The molecule has 1 aliphatic rings. The average molecular weight is 240 g/mol. The summed E-state index contributed by atoms with van der Waals surface area (Å²) in [5.41, 5.74) is 6.34. The Balaban J connectivity index is 2.11. The van der Waals surface area contributed by atoms with E-state index >= 15 is 0 Å². The van der Waals surface area contributed by atoms with E-state index < -0.39 is 0 Å². The highest BCUT2D eigenvalue weighted by molar-refractivity contribution is 5.42. The first-order chi connectivity index (χ1) is 8.83. The maximum absolute atomic E-state index is 2.46. The van der Waals surface area contributed by atoms with Gasteiger partial charge >= 0.3 is 0 Å². The standard InChI is InChI=1S/C18H24/c1-3-5-11-17-12-15(4-2)13-18(17)14-16-9-7-6-8-10-16/h6-10,13H,3-5,11-12,14H2,1-2H3. The molecule has 1 aliphatic carbocycles. The van der Waals surface area contributed by atoms with E-state index in [0.717, 1.165) is 6.42 Å². The molecule has 0 aromatic heterocycles. The molecule has 0 saturated heterocycles. The van der Waals surface area contributed by atoms with Crippen LogP contribution in [0.15, 0.2) is 53.1 Å². The van der Waals surface area contributed by atoms with Crippen molar-refractivity contribution in [2.45, 2.75) is 52.4 Å². The molecule has 0 amide bonds. The molecule has 0 radical (unpaired) electrons. The summed E-state index contributed by atoms with van der Waals surface area (Å²) in [5.74, 6) is 0. The van der Waals surface area contributed by atoms with E-state index in [-0.39, 0.29) is 0 Å². The summed E-state index contributed by atoms with van der Waals surface area (Å²) < 4.78 is 0. The Morgan fingerprint density at radius 3 is 2.50 bits per heavy atom. The molecular weight excluding hydrogens is 216 g/mol. The third-order valence-corrected chi connectivity index (χ3v) is 3.80. The quantitative estimate of drug-likeness (QED) is 0.619. The Bertz CT molecular complexity index is 434. The summed E-state index contributed by atoms with van der Waals surface area (Å²) in [5, 5.41) is 0. The fraction of sp³-hybridized carbons (Fsp3) is 0.444. The molecule has 0 nitrogen and oxygen atoms in total. The lowest BCUT2D eigenvalue weighted by atomic mass is 9.98. The van der Waals surface area contributed by atoms with Gasteiger partial charge in [-0.3, -0.25) is 0 Å². The van der Waals surface area contributed by atoms with Gasteiger partial charge in [-0.1, -0.05) is 67.8 Å². The highest BCUT2D eigenvalue weighted by Crippen LogP contribution is 2.32. The Morgan fingerprint density at radius 1 is 1.06 bits per heavy atom. The molecular formula is C18H24. The minimum Gasteiger partial charge on any atom is -0.0661 e. The van der Waals surface area contributed by atoms with Gasteiger partial charge in [0.15, 0.2) is 0 Å². The summed E-state index contributed by atoms with van der Waals surface area (Å²) >= 11 is 0. The van der Waals surface area contributed by atoms with Crippen LogP contribution in [-0.2, 0) is 6.42 Å². The molecule has 18 heavy (non-hydrogen) atoms. The third-order valence-electron chi connectivity index (χ3n) is 3.80. The molecule has 0 bridgehead atoms. The van der Waals surface area contributed by atoms with Gasteiger partial charge in [-0.15, -0.1) is 0 Å². The van der Waals surface area contributed by atoms with E-state index in [4.69, 9.17) is 0 Å². The molecule has 0 fully saturated rings. The van der Waals surface area contributed by atoms with Crippen molar-refractivity contribution in [3.63, 3.8) is 0 Å². The van der Waals surface area contributed by atoms with Crippen molar-refractivity contribution in [2.24, 2.45) is 0 Å². The Hall–Kier alpha value is -1.30. The van der Waals surface area contributed by atoms with Crippen molar-refractivity contribution in [3.8, 4) is 0 Å². The van der Waals surface area contributed by atoms with Gasteiger partial charge in [0.2, 0.25) is 0 Å². The zero-order chi connectivity index (χ0) is 12.8. The lowest BCUT2D eigenvalue weighted by Gasteiger charge is -2.07. The van der Waals surface area contributed by atoms with Crippen LogP contribution in [-0.4, -0.2) is 0 Å². The van der Waals surface area contributed by atoms with E-state index in [9.17, 15) is 0 Å². The number of unbranched alkanes of at least 4 members (excludes halogenated alkanes) is 1. The number of benzene rings is 1. The van der Waals surface area contributed by atoms with Crippen molar-refractivity contribution in [1.82, 2.24) is 0 Å². The van der Waals surface area contributed by atoms with Gasteiger partial charge in [0.1, 0.15) is 0 Å². The van der Waals surface area contributed by atoms with Crippen LogP contribution < -0.4 is 0 Å². The molecule has 0 atom stereocenters. The van der Waals surface area contributed by atoms with Crippen LogP contribution >= 0.6 is 0 Å². The monoisotopic (exact) mass is 240 g/mol. The fourth-order valence-electron chi connectivity index (χ4n) is 2.65. The van der Waals surface area contributed by atoms with Crippen molar-refractivity contribution in [1.29, 1.82) is 0 Å². The molecule has 1 aromatic rings. The van der Waals surface area contributed by atoms with E-state index in [0.29, 0.717) is 0 Å². The second-order valence-electron chi connectivity index (χ2n) is 5.23. The zero-order valence-electron chi connectivity index (χ0n) is 11.7. The molecule has 0 heterocycles. The lowest BCUT2D eigenvalue weighted by molar-refractivity contribution is 0.765. The summed E-state index contributed by atoms with van der Waals surface area (Å²) in [4.78, 5) is 0. The van der Waals surface area contributed by atoms with E-state index in [2.05, 4.69) is 50.3 Å². The smallest absolute Gasteiger partial charge is 0.00261 e. The van der Waals surface area contributed by atoms with Gasteiger partial charge in [0.25, 0.3) is 0 Å². The number of hydrogen-bond donors (Lipinski definition) is 0. The van der Waals surface area contributed by atoms with Crippen LogP contribution in [0, 0.1) is 0 Å². The highest BCUT2D eigenvalue weighted by Gasteiger charge is 2.14. The van der Waals surface area contributed by atoms with Gasteiger partial charge < -0.3 is 0 Å². The van der Waals surface area contributed by atoms with Gasteiger partial charge in [-0.05, 0) is 43.2 Å². The van der Waals surface area contributed by atoms with Gasteiger partial charge in [0, 0.05) is 0 Å². The van der Waals surface area contributed by atoms with Crippen molar-refractivity contribution >= 4 is 0 Å². The summed E-state index contributed by atoms with van der Waals surface area (Å²) in [6.45, 7) is 4.55. The Kier molecular flexibility index (Phi) is 4.81. The summed E-state index contributed by atoms with van der Waals surface area (Å²) in [7, 11) is 0. The fourth-order valence-corrected chi connectivity index (χ4v) is 2.65. The molecule has 96 valence electrons. The van der Waals surface area contributed by atoms with Crippen LogP contribution in [0.2, 0.25) is 0 Å². The zero-order valence-corrected chi connectivity index (χ0v) is 11.7. The van der Waals surface area contributed by atoms with Crippen molar-refractivity contribution in [2.75, 3.05) is 0 Å². The number of allylic oxidation sites excluding steroid dienone is 4. The highest BCUT2D eigenvalue weighted by atomic mass is 14.2. The predicted molar refractivity (Wildman–Crippen MR) is 79.7 cm³/mol.